The molecule has 0 spiro atoms. The minimum atomic E-state index is -0.100. The fourth-order valence-corrected chi connectivity index (χ4v) is 4.25. The van der Waals surface area contributed by atoms with E-state index in [9.17, 15) is 0 Å². The third-order valence-electron chi connectivity index (χ3n) is 5.58. The third kappa shape index (κ3) is 3.01. The van der Waals surface area contributed by atoms with Crippen molar-refractivity contribution in [2.45, 2.75) is 71.2 Å². The van der Waals surface area contributed by atoms with Gasteiger partial charge in [0.1, 0.15) is 12.1 Å². The SMILES string of the molecule is CC(C)(C)N1Cc2ccccc2C2N=NN(C(C)(C)C)C2c2ccccc21. The summed E-state index contributed by atoms with van der Waals surface area (Å²) in [6, 6.07) is 17.7. The standard InChI is InChI=1S/C23H30N4/c1-22(2,3)26-15-16-11-7-8-12-17(16)20-21(18-13-9-10-14-19(18)26)27(25-24-20)23(4,5)6/h7-14,20-21H,15H2,1-6H3. The molecule has 27 heavy (non-hydrogen) atoms. The van der Waals surface area contributed by atoms with Crippen LogP contribution in [0, 0.1) is 0 Å². The van der Waals surface area contributed by atoms with Gasteiger partial charge in [-0.05, 0) is 58.7 Å². The molecule has 2 aromatic carbocycles. The summed E-state index contributed by atoms with van der Waals surface area (Å²) in [5, 5.41) is 11.6. The molecule has 2 unspecified atom stereocenters. The van der Waals surface area contributed by atoms with Crippen LogP contribution >= 0.6 is 0 Å². The van der Waals surface area contributed by atoms with Crippen LogP contribution in [-0.4, -0.2) is 16.1 Å². The molecule has 0 aliphatic carbocycles. The molecule has 0 fully saturated rings. The van der Waals surface area contributed by atoms with E-state index in [0.29, 0.717) is 0 Å². The Balaban J connectivity index is 1.98. The fourth-order valence-electron chi connectivity index (χ4n) is 4.25. The van der Waals surface area contributed by atoms with E-state index < -0.39 is 0 Å². The van der Waals surface area contributed by atoms with Gasteiger partial charge in [0.15, 0.2) is 0 Å². The first kappa shape index (κ1) is 18.0. The predicted octanol–water partition coefficient (Wildman–Crippen LogP) is 6.07. The van der Waals surface area contributed by atoms with Crippen LogP contribution in [0.25, 0.3) is 0 Å². The van der Waals surface area contributed by atoms with Crippen molar-refractivity contribution in [1.29, 1.82) is 0 Å². The molecular formula is C23H30N4. The van der Waals surface area contributed by atoms with E-state index in [1.165, 1.54) is 22.4 Å². The Morgan fingerprint density at radius 3 is 2.11 bits per heavy atom. The maximum Gasteiger partial charge on any atom is 0.124 e. The molecule has 0 N–H and O–H groups in total. The molecule has 0 aromatic heterocycles. The molecule has 142 valence electrons. The first-order chi connectivity index (χ1) is 12.7. The Hall–Kier alpha value is -2.36. The smallest absolute Gasteiger partial charge is 0.124 e. The second kappa shape index (κ2) is 6.08. The summed E-state index contributed by atoms with van der Waals surface area (Å²) < 4.78 is 0. The molecule has 4 heteroatoms. The van der Waals surface area contributed by atoms with Crippen LogP contribution in [0.3, 0.4) is 0 Å². The Morgan fingerprint density at radius 2 is 1.44 bits per heavy atom. The minimum absolute atomic E-state index is 0.00943. The van der Waals surface area contributed by atoms with Crippen LogP contribution < -0.4 is 4.90 Å². The lowest BCUT2D eigenvalue weighted by atomic mass is 9.85. The summed E-state index contributed by atoms with van der Waals surface area (Å²) in [5.41, 5.74) is 5.14. The highest BCUT2D eigenvalue weighted by molar-refractivity contribution is 5.60. The molecule has 0 radical (unpaired) electrons. The largest absolute Gasteiger partial charge is 0.362 e. The number of rotatable bonds is 0. The molecule has 0 bridgehead atoms. The number of nitrogens with zero attached hydrogens (tertiary/aromatic N) is 4. The van der Waals surface area contributed by atoms with E-state index >= 15 is 0 Å². The lowest BCUT2D eigenvalue weighted by Gasteiger charge is -2.44. The lowest BCUT2D eigenvalue weighted by Crippen LogP contribution is -2.45. The minimum Gasteiger partial charge on any atom is -0.362 e. The van der Waals surface area contributed by atoms with Crippen molar-refractivity contribution in [3.8, 4) is 0 Å². The average Bonchev–Trinajstić information content (AvgIpc) is 3.02. The van der Waals surface area contributed by atoms with Gasteiger partial charge in [-0.2, -0.15) is 5.11 Å². The van der Waals surface area contributed by atoms with Gasteiger partial charge in [0.25, 0.3) is 0 Å². The van der Waals surface area contributed by atoms with Crippen LogP contribution in [0.5, 0.6) is 0 Å². The monoisotopic (exact) mass is 362 g/mol. The highest BCUT2D eigenvalue weighted by Crippen LogP contribution is 2.51. The van der Waals surface area contributed by atoms with Gasteiger partial charge >= 0.3 is 0 Å². The van der Waals surface area contributed by atoms with Crippen molar-refractivity contribution in [2.24, 2.45) is 10.3 Å². The Labute approximate surface area is 162 Å². The van der Waals surface area contributed by atoms with Crippen LogP contribution in [0.1, 0.15) is 70.3 Å². The maximum atomic E-state index is 4.77. The van der Waals surface area contributed by atoms with Gasteiger partial charge < -0.3 is 4.90 Å². The van der Waals surface area contributed by atoms with Gasteiger partial charge in [0, 0.05) is 23.3 Å². The molecule has 4 nitrogen and oxygen atoms in total. The lowest BCUT2D eigenvalue weighted by molar-refractivity contribution is 0.0969. The number of para-hydroxylation sites is 1. The number of fused-ring (bicyclic) bond motifs is 5. The molecule has 0 amide bonds. The normalized spacial score (nSPS) is 22.0. The predicted molar refractivity (Wildman–Crippen MR) is 111 cm³/mol. The summed E-state index contributed by atoms with van der Waals surface area (Å²) in [7, 11) is 0. The average molecular weight is 363 g/mol. The molecule has 2 atom stereocenters. The van der Waals surface area contributed by atoms with E-state index in [-0.39, 0.29) is 23.2 Å². The maximum absolute atomic E-state index is 4.77. The quantitative estimate of drug-likeness (QED) is 0.569. The van der Waals surface area contributed by atoms with E-state index in [0.717, 1.165) is 6.54 Å². The van der Waals surface area contributed by atoms with Crippen molar-refractivity contribution in [2.75, 3.05) is 4.90 Å². The molecular weight excluding hydrogens is 332 g/mol. The topological polar surface area (TPSA) is 31.2 Å². The van der Waals surface area contributed by atoms with Crippen molar-refractivity contribution < 1.29 is 0 Å². The number of benzene rings is 2. The Kier molecular flexibility index (Phi) is 4.06. The van der Waals surface area contributed by atoms with Gasteiger partial charge in [-0.15, -0.1) is 0 Å². The fraction of sp³-hybridized carbons (Fsp3) is 0.478. The molecule has 2 aromatic rings. The first-order valence-corrected chi connectivity index (χ1v) is 9.82. The van der Waals surface area contributed by atoms with Crippen LogP contribution in [0.4, 0.5) is 5.69 Å². The van der Waals surface area contributed by atoms with Crippen LogP contribution in [-0.2, 0) is 6.54 Å². The van der Waals surface area contributed by atoms with Crippen LogP contribution in [0.15, 0.2) is 58.9 Å². The van der Waals surface area contributed by atoms with Gasteiger partial charge in [0.2, 0.25) is 0 Å². The molecule has 2 aliphatic rings. The second-order valence-corrected chi connectivity index (χ2v) is 9.62. The summed E-state index contributed by atoms with van der Waals surface area (Å²) in [4.78, 5) is 2.52. The highest BCUT2D eigenvalue weighted by Gasteiger charge is 2.44. The zero-order valence-corrected chi connectivity index (χ0v) is 17.3. The van der Waals surface area contributed by atoms with E-state index in [4.69, 9.17) is 5.11 Å². The number of anilines is 1. The molecule has 2 aliphatic heterocycles. The summed E-state index contributed by atoms with van der Waals surface area (Å²) in [5.74, 6) is 0. The van der Waals surface area contributed by atoms with Crippen molar-refractivity contribution >= 4 is 5.69 Å². The Bertz CT molecular complexity index is 872. The van der Waals surface area contributed by atoms with E-state index in [2.05, 4.69) is 105 Å². The second-order valence-electron chi connectivity index (χ2n) is 9.62. The van der Waals surface area contributed by atoms with Gasteiger partial charge in [-0.1, -0.05) is 47.7 Å². The van der Waals surface area contributed by atoms with Crippen molar-refractivity contribution in [1.82, 2.24) is 5.01 Å². The van der Waals surface area contributed by atoms with Gasteiger partial charge in [-0.25, -0.2) is 0 Å². The van der Waals surface area contributed by atoms with Crippen molar-refractivity contribution in [3.05, 3.63) is 65.2 Å². The summed E-state index contributed by atoms with van der Waals surface area (Å²) in [6.07, 6.45) is 0. The zero-order chi connectivity index (χ0) is 19.4. The van der Waals surface area contributed by atoms with Gasteiger partial charge in [0.05, 0.1) is 5.54 Å². The highest BCUT2D eigenvalue weighted by atomic mass is 15.6. The van der Waals surface area contributed by atoms with Crippen LogP contribution in [0.2, 0.25) is 0 Å². The first-order valence-electron chi connectivity index (χ1n) is 9.82. The van der Waals surface area contributed by atoms with Gasteiger partial charge in [-0.3, -0.25) is 5.01 Å². The molecule has 2 heterocycles. The van der Waals surface area contributed by atoms with E-state index in [1.54, 1.807) is 0 Å². The Morgan fingerprint density at radius 1 is 0.815 bits per heavy atom. The zero-order valence-electron chi connectivity index (χ0n) is 17.3. The molecule has 0 saturated heterocycles. The third-order valence-corrected chi connectivity index (χ3v) is 5.58. The molecule has 0 saturated carbocycles. The summed E-state index contributed by atoms with van der Waals surface area (Å²) >= 11 is 0. The van der Waals surface area contributed by atoms with Crippen molar-refractivity contribution in [3.63, 3.8) is 0 Å². The summed E-state index contributed by atoms with van der Waals surface area (Å²) in [6.45, 7) is 14.4. The number of hydrogen-bond acceptors (Lipinski definition) is 4. The molecule has 4 rings (SSSR count). The number of hydrogen-bond donors (Lipinski definition) is 0. The van der Waals surface area contributed by atoms with E-state index in [1.807, 2.05) is 0 Å².